The Kier molecular flexibility index (Phi) is 6.70. The van der Waals surface area contributed by atoms with Crippen LogP contribution in [0.25, 0.3) is 66.3 Å². The first-order valence-corrected chi connectivity index (χ1v) is 14.9. The Hall–Kier alpha value is -5.32. The summed E-state index contributed by atoms with van der Waals surface area (Å²) >= 11 is 0. The minimum absolute atomic E-state index is 0. The summed E-state index contributed by atoms with van der Waals surface area (Å²) in [5, 5.41) is 14.6. The zero-order chi connectivity index (χ0) is 30.1. The van der Waals surface area contributed by atoms with E-state index in [1.165, 1.54) is 5.56 Å². The van der Waals surface area contributed by atoms with Gasteiger partial charge in [0.15, 0.2) is 5.82 Å². The molecule has 7 heteroatoms. The average molecular weight is 775 g/mol. The van der Waals surface area contributed by atoms with Gasteiger partial charge in [-0.05, 0) is 60.0 Å². The van der Waals surface area contributed by atoms with Gasteiger partial charge in [-0.1, -0.05) is 83.0 Å². The Labute approximate surface area is 279 Å². The molecule has 0 unspecified atom stereocenters. The third-order valence-electron chi connectivity index (χ3n) is 8.53. The summed E-state index contributed by atoms with van der Waals surface area (Å²) in [5.74, 6) is 2.80. The first-order valence-electron chi connectivity index (χ1n) is 14.9. The number of ether oxygens (including phenoxy) is 1. The zero-order valence-corrected chi connectivity index (χ0v) is 27.2. The van der Waals surface area contributed by atoms with Crippen LogP contribution >= 0.6 is 0 Å². The fourth-order valence-corrected chi connectivity index (χ4v) is 6.44. The molecule has 0 saturated heterocycles. The molecule has 222 valence electrons. The maximum Gasteiger partial charge on any atom is 2.00 e. The molecule has 5 aromatic carbocycles. The first-order chi connectivity index (χ1) is 22.1. The molecule has 0 fully saturated rings. The number of hydrogen-bond acceptors (Lipinski definition) is 4. The summed E-state index contributed by atoms with van der Waals surface area (Å²) in [4.78, 5) is 4.64. The second-order valence-electron chi connectivity index (χ2n) is 11.4. The van der Waals surface area contributed by atoms with Crippen molar-refractivity contribution in [3.8, 4) is 28.7 Å². The van der Waals surface area contributed by atoms with Crippen molar-refractivity contribution in [1.29, 1.82) is 0 Å². The second kappa shape index (κ2) is 10.9. The molecule has 9 aromatic rings. The van der Waals surface area contributed by atoms with Crippen molar-refractivity contribution in [3.63, 3.8) is 0 Å². The van der Waals surface area contributed by atoms with E-state index in [-0.39, 0.29) is 21.1 Å². The van der Waals surface area contributed by atoms with Crippen LogP contribution in [-0.2, 0) is 21.1 Å². The molecule has 0 N–H and O–H groups in total. The Balaban J connectivity index is 0.00000312. The van der Waals surface area contributed by atoms with Crippen LogP contribution in [-0.4, -0.2) is 24.1 Å². The van der Waals surface area contributed by atoms with E-state index >= 15 is 0 Å². The predicted molar refractivity (Wildman–Crippen MR) is 179 cm³/mol. The molecule has 0 aliphatic heterocycles. The first kappa shape index (κ1) is 28.2. The Morgan fingerprint density at radius 1 is 0.652 bits per heavy atom. The van der Waals surface area contributed by atoms with Gasteiger partial charge < -0.3 is 13.7 Å². The normalized spacial score (nSPS) is 11.5. The number of aromatic nitrogens is 5. The molecule has 0 radical (unpaired) electrons. The summed E-state index contributed by atoms with van der Waals surface area (Å²) in [6.07, 6.45) is 1.81. The molecular formula is C39H25N5OPt. The van der Waals surface area contributed by atoms with Gasteiger partial charge in [-0.3, -0.25) is 0 Å². The maximum atomic E-state index is 6.47. The number of aryl methyl sites for hydroxylation is 2. The number of nitrogens with zero attached hydrogens (tertiary/aromatic N) is 5. The van der Waals surface area contributed by atoms with Gasteiger partial charge in [0, 0.05) is 34.3 Å². The van der Waals surface area contributed by atoms with Crippen LogP contribution < -0.4 is 4.74 Å². The summed E-state index contributed by atoms with van der Waals surface area (Å²) in [5.41, 5.74) is 7.12. The zero-order valence-electron chi connectivity index (χ0n) is 24.9. The molecule has 0 spiro atoms. The molecule has 0 aliphatic rings. The molecule has 46 heavy (non-hydrogen) atoms. The number of hydrogen-bond donors (Lipinski definition) is 0. The standard InChI is InChI=1S/C39H25N5O.Pt/c1-24-14-17-31-29-18-15-26(22-33(29)39-42-41-38(44(39)35(31)21-24)28-10-4-3-9-25(28)2)45-27-16-19-32-30-11-5-6-12-34(30)43(36(32)23-27)37-13-7-8-20-40-37;/h3-21H,1-2H3;/q-2;+2. The molecule has 0 amide bonds. The molecule has 4 heterocycles. The summed E-state index contributed by atoms with van der Waals surface area (Å²) in [7, 11) is 0. The molecule has 6 nitrogen and oxygen atoms in total. The van der Waals surface area contributed by atoms with Crippen molar-refractivity contribution in [3.05, 3.63) is 139 Å². The van der Waals surface area contributed by atoms with Crippen molar-refractivity contribution in [2.24, 2.45) is 0 Å². The van der Waals surface area contributed by atoms with E-state index in [0.717, 1.165) is 71.9 Å². The molecule has 9 rings (SSSR count). The second-order valence-corrected chi connectivity index (χ2v) is 11.4. The number of pyridine rings is 2. The van der Waals surface area contributed by atoms with Crippen LogP contribution in [0.4, 0.5) is 0 Å². The fraction of sp³-hybridized carbons (Fsp3) is 0.0513. The minimum Gasteiger partial charge on any atom is -0.503 e. The summed E-state index contributed by atoms with van der Waals surface area (Å²) in [6, 6.07) is 44.2. The smallest absolute Gasteiger partial charge is 0.503 e. The van der Waals surface area contributed by atoms with E-state index in [9.17, 15) is 0 Å². The van der Waals surface area contributed by atoms with Crippen molar-refractivity contribution >= 4 is 49.1 Å². The van der Waals surface area contributed by atoms with E-state index in [1.807, 2.05) is 48.5 Å². The van der Waals surface area contributed by atoms with E-state index < -0.39 is 0 Å². The molecule has 0 aliphatic carbocycles. The minimum atomic E-state index is 0. The largest absolute Gasteiger partial charge is 2.00 e. The topological polar surface area (TPSA) is 57.2 Å². The summed E-state index contributed by atoms with van der Waals surface area (Å²) < 4.78 is 10.7. The van der Waals surface area contributed by atoms with Gasteiger partial charge in [-0.15, -0.1) is 34.8 Å². The van der Waals surface area contributed by atoms with Crippen molar-refractivity contribution < 1.29 is 25.8 Å². The van der Waals surface area contributed by atoms with Crippen LogP contribution in [0, 0.1) is 26.0 Å². The Morgan fingerprint density at radius 2 is 1.39 bits per heavy atom. The van der Waals surface area contributed by atoms with Gasteiger partial charge in [0.05, 0.1) is 5.65 Å². The monoisotopic (exact) mass is 774 g/mol. The number of rotatable bonds is 4. The molecule has 0 saturated carbocycles. The van der Waals surface area contributed by atoms with Crippen molar-refractivity contribution in [2.75, 3.05) is 0 Å². The van der Waals surface area contributed by atoms with Crippen LogP contribution in [0.2, 0.25) is 0 Å². The van der Waals surface area contributed by atoms with Gasteiger partial charge in [-0.2, -0.15) is 11.2 Å². The average Bonchev–Trinajstić information content (AvgIpc) is 3.65. The summed E-state index contributed by atoms with van der Waals surface area (Å²) in [6.45, 7) is 4.21. The third kappa shape index (κ3) is 4.32. The number of fused-ring (bicyclic) bond motifs is 9. The van der Waals surface area contributed by atoms with Crippen LogP contribution in [0.1, 0.15) is 11.1 Å². The predicted octanol–water partition coefficient (Wildman–Crippen LogP) is 9.20. The van der Waals surface area contributed by atoms with Gasteiger partial charge in [0.1, 0.15) is 5.82 Å². The van der Waals surface area contributed by atoms with Crippen LogP contribution in [0.15, 0.2) is 115 Å². The fourth-order valence-electron chi connectivity index (χ4n) is 6.44. The Morgan fingerprint density at radius 3 is 2.24 bits per heavy atom. The van der Waals surface area contributed by atoms with Gasteiger partial charge >= 0.3 is 21.1 Å². The van der Waals surface area contributed by atoms with Crippen LogP contribution in [0.5, 0.6) is 11.5 Å². The van der Waals surface area contributed by atoms with Gasteiger partial charge in [-0.25, -0.2) is 4.98 Å². The molecule has 0 atom stereocenters. The number of benzene rings is 5. The van der Waals surface area contributed by atoms with E-state index in [0.29, 0.717) is 11.5 Å². The van der Waals surface area contributed by atoms with Gasteiger partial charge in [0.25, 0.3) is 0 Å². The van der Waals surface area contributed by atoms with E-state index in [1.54, 1.807) is 6.20 Å². The Bertz CT molecular complexity index is 2600. The molecule has 0 bridgehead atoms. The number of para-hydroxylation sites is 1. The van der Waals surface area contributed by atoms with Crippen molar-refractivity contribution in [1.82, 2.24) is 24.1 Å². The van der Waals surface area contributed by atoms with Gasteiger partial charge in [0.2, 0.25) is 0 Å². The quantitative estimate of drug-likeness (QED) is 0.132. The SMILES string of the molecule is Cc1ccc2c3ccc(Oc4[c-]c5c(cc4)c4ccccc4n5-c4ccccn4)[c-]c3c3nnc(-c4ccccc4C)n3c2c1.[Pt+2]. The maximum absolute atomic E-state index is 6.47. The van der Waals surface area contributed by atoms with E-state index in [4.69, 9.17) is 14.9 Å². The van der Waals surface area contributed by atoms with Crippen LogP contribution in [0.3, 0.4) is 0 Å². The third-order valence-corrected chi connectivity index (χ3v) is 8.53. The molecular weight excluding hydrogens is 750 g/mol. The van der Waals surface area contributed by atoms with Crippen molar-refractivity contribution in [2.45, 2.75) is 13.8 Å². The van der Waals surface area contributed by atoms with E-state index in [2.05, 4.69) is 101 Å². The molecule has 4 aromatic heterocycles.